The zero-order valence-electron chi connectivity index (χ0n) is 10.1. The lowest BCUT2D eigenvalue weighted by molar-refractivity contribution is -0.0235. The van der Waals surface area contributed by atoms with Gasteiger partial charge in [-0.1, -0.05) is 30.3 Å². The third-order valence-corrected chi connectivity index (χ3v) is 3.96. The van der Waals surface area contributed by atoms with Gasteiger partial charge in [0.25, 0.3) is 11.5 Å². The van der Waals surface area contributed by atoms with Crippen molar-refractivity contribution in [1.29, 1.82) is 0 Å². The topological polar surface area (TPSA) is 34.9 Å². The molecule has 0 saturated carbocycles. The summed E-state index contributed by atoms with van der Waals surface area (Å²) in [5, 5.41) is 0. The van der Waals surface area contributed by atoms with Crippen molar-refractivity contribution in [3.8, 4) is 0 Å². The maximum absolute atomic E-state index is 14.1. The second-order valence-corrected chi connectivity index (χ2v) is 5.23. The van der Waals surface area contributed by atoms with E-state index in [1.165, 1.54) is 12.1 Å². The normalized spacial score (nSPS) is 11.6. The van der Waals surface area contributed by atoms with Crippen LogP contribution in [-0.4, -0.2) is 9.55 Å². The number of alkyl halides is 2. The Bertz CT molecular complexity index is 641. The first-order chi connectivity index (χ1) is 8.92. The first-order valence-corrected chi connectivity index (χ1v) is 6.64. The molecule has 1 aromatic carbocycles. The minimum Gasteiger partial charge on any atom is -0.292 e. The van der Waals surface area contributed by atoms with E-state index in [2.05, 4.69) is 4.98 Å². The maximum Gasteiger partial charge on any atom is 0.290 e. The summed E-state index contributed by atoms with van der Waals surface area (Å²) in [6, 6.07) is 7.45. The quantitative estimate of drug-likeness (QED) is 0.773. The Balaban J connectivity index is 2.36. The molecule has 1 heterocycles. The fraction of sp³-hybridized carbons (Fsp3) is 0.231. The number of benzene rings is 1. The molecule has 0 fully saturated rings. The van der Waals surface area contributed by atoms with E-state index >= 15 is 0 Å². The summed E-state index contributed by atoms with van der Waals surface area (Å²) in [7, 11) is 0. The van der Waals surface area contributed by atoms with Gasteiger partial charge in [0.1, 0.15) is 0 Å². The lowest BCUT2D eigenvalue weighted by Crippen LogP contribution is -2.31. The summed E-state index contributed by atoms with van der Waals surface area (Å²) >= 11 is 1.82. The highest BCUT2D eigenvalue weighted by molar-refractivity contribution is 14.1. The molecule has 100 valence electrons. The zero-order chi connectivity index (χ0) is 14.0. The molecule has 0 aliphatic carbocycles. The molecule has 0 amide bonds. The van der Waals surface area contributed by atoms with Crippen LogP contribution in [0.3, 0.4) is 0 Å². The zero-order valence-corrected chi connectivity index (χ0v) is 12.3. The molecule has 0 spiro atoms. The summed E-state index contributed by atoms with van der Waals surface area (Å²) < 4.78 is 29.4. The van der Waals surface area contributed by atoms with Crippen LogP contribution in [0.15, 0.2) is 41.5 Å². The van der Waals surface area contributed by atoms with Crippen molar-refractivity contribution in [2.24, 2.45) is 0 Å². The number of hydrogen-bond acceptors (Lipinski definition) is 2. The molecule has 0 aliphatic rings. The highest BCUT2D eigenvalue weighted by Gasteiger charge is 2.32. The molecular weight excluding hydrogens is 365 g/mol. The van der Waals surface area contributed by atoms with E-state index in [0.717, 1.165) is 10.9 Å². The standard InChI is InChI=1S/C13H11F2IN2O/c1-9-11(16)12(19)18(8-17-9)7-13(14,15)10-5-3-2-4-6-10/h2-6,8H,7H2,1H3. The van der Waals surface area contributed by atoms with E-state index in [9.17, 15) is 13.6 Å². The Morgan fingerprint density at radius 2 is 1.95 bits per heavy atom. The monoisotopic (exact) mass is 376 g/mol. The Hall–Kier alpha value is -1.31. The number of rotatable bonds is 3. The van der Waals surface area contributed by atoms with E-state index in [-0.39, 0.29) is 5.56 Å². The predicted octanol–water partition coefficient (Wildman–Crippen LogP) is 2.95. The minimum absolute atomic E-state index is 0.113. The fourth-order valence-corrected chi connectivity index (χ4v) is 2.10. The van der Waals surface area contributed by atoms with Gasteiger partial charge in [0.2, 0.25) is 0 Å². The molecule has 0 saturated heterocycles. The first kappa shape index (κ1) is 14.1. The molecule has 0 bridgehead atoms. The van der Waals surface area contributed by atoms with Crippen molar-refractivity contribution in [3.05, 3.63) is 61.8 Å². The second kappa shape index (κ2) is 5.36. The number of aryl methyl sites for hydroxylation is 1. The molecule has 0 radical (unpaired) electrons. The Morgan fingerprint density at radius 1 is 1.32 bits per heavy atom. The molecule has 0 N–H and O–H groups in total. The minimum atomic E-state index is -3.11. The van der Waals surface area contributed by atoms with Gasteiger partial charge >= 0.3 is 0 Å². The molecule has 3 nitrogen and oxygen atoms in total. The van der Waals surface area contributed by atoms with Crippen molar-refractivity contribution < 1.29 is 8.78 Å². The summed E-state index contributed by atoms with van der Waals surface area (Å²) in [5.41, 5.74) is -0.00827. The van der Waals surface area contributed by atoms with Crippen LogP contribution in [0.4, 0.5) is 8.78 Å². The van der Waals surface area contributed by atoms with Gasteiger partial charge in [-0.15, -0.1) is 0 Å². The van der Waals surface area contributed by atoms with Crippen molar-refractivity contribution in [2.45, 2.75) is 19.4 Å². The highest BCUT2D eigenvalue weighted by atomic mass is 127. The van der Waals surface area contributed by atoms with Gasteiger partial charge in [0.15, 0.2) is 0 Å². The lowest BCUT2D eigenvalue weighted by atomic mass is 10.1. The number of hydrogen-bond donors (Lipinski definition) is 0. The molecule has 1 aromatic heterocycles. The average molecular weight is 376 g/mol. The smallest absolute Gasteiger partial charge is 0.290 e. The lowest BCUT2D eigenvalue weighted by Gasteiger charge is -2.18. The van der Waals surface area contributed by atoms with E-state index in [0.29, 0.717) is 9.26 Å². The van der Waals surface area contributed by atoms with Gasteiger partial charge in [-0.25, -0.2) is 4.98 Å². The van der Waals surface area contributed by atoms with Gasteiger partial charge in [-0.3, -0.25) is 9.36 Å². The fourth-order valence-electron chi connectivity index (χ4n) is 1.65. The van der Waals surface area contributed by atoms with Gasteiger partial charge in [-0.2, -0.15) is 8.78 Å². The largest absolute Gasteiger partial charge is 0.292 e. The van der Waals surface area contributed by atoms with Crippen LogP contribution in [0.25, 0.3) is 0 Å². The third kappa shape index (κ3) is 2.99. The van der Waals surface area contributed by atoms with Crippen LogP contribution in [0.2, 0.25) is 0 Å². The number of halogens is 3. The molecule has 19 heavy (non-hydrogen) atoms. The first-order valence-electron chi connectivity index (χ1n) is 5.57. The summed E-state index contributed by atoms with van der Waals surface area (Å²) in [6.07, 6.45) is 1.16. The predicted molar refractivity (Wildman–Crippen MR) is 76.3 cm³/mol. The van der Waals surface area contributed by atoms with Gasteiger partial charge in [-0.05, 0) is 29.5 Å². The molecular formula is C13H11F2IN2O. The molecule has 2 rings (SSSR count). The van der Waals surface area contributed by atoms with Gasteiger partial charge in [0, 0.05) is 5.56 Å². The second-order valence-electron chi connectivity index (χ2n) is 4.15. The summed E-state index contributed by atoms with van der Waals surface area (Å²) in [4.78, 5) is 15.8. The summed E-state index contributed by atoms with van der Waals surface area (Å²) in [6.45, 7) is 0.960. The average Bonchev–Trinajstić information content (AvgIpc) is 2.40. The van der Waals surface area contributed by atoms with Crippen molar-refractivity contribution in [1.82, 2.24) is 9.55 Å². The SMILES string of the molecule is Cc1ncn(CC(F)(F)c2ccccc2)c(=O)c1I. The van der Waals surface area contributed by atoms with Gasteiger partial charge < -0.3 is 0 Å². The van der Waals surface area contributed by atoms with Crippen LogP contribution < -0.4 is 5.56 Å². The molecule has 0 unspecified atom stereocenters. The number of nitrogens with zero attached hydrogens (tertiary/aromatic N) is 2. The van der Waals surface area contributed by atoms with Crippen LogP contribution in [0.1, 0.15) is 11.3 Å². The molecule has 0 atom stereocenters. The number of aromatic nitrogens is 2. The highest BCUT2D eigenvalue weighted by Crippen LogP contribution is 2.29. The summed E-state index contributed by atoms with van der Waals surface area (Å²) in [5.74, 6) is -3.11. The van der Waals surface area contributed by atoms with E-state index < -0.39 is 18.0 Å². The van der Waals surface area contributed by atoms with Crippen LogP contribution in [0, 0.1) is 10.5 Å². The van der Waals surface area contributed by atoms with E-state index in [4.69, 9.17) is 0 Å². The Kier molecular flexibility index (Phi) is 3.98. The molecule has 6 heteroatoms. The van der Waals surface area contributed by atoms with Crippen LogP contribution in [-0.2, 0) is 12.5 Å². The van der Waals surface area contributed by atoms with Crippen molar-refractivity contribution in [2.75, 3.05) is 0 Å². The van der Waals surface area contributed by atoms with Crippen molar-refractivity contribution in [3.63, 3.8) is 0 Å². The van der Waals surface area contributed by atoms with Crippen molar-refractivity contribution >= 4 is 22.6 Å². The Labute approximate surface area is 122 Å². The van der Waals surface area contributed by atoms with Crippen LogP contribution >= 0.6 is 22.6 Å². The molecule has 2 aromatic rings. The van der Waals surface area contributed by atoms with E-state index in [1.807, 2.05) is 22.6 Å². The molecule has 0 aliphatic heterocycles. The van der Waals surface area contributed by atoms with Crippen LogP contribution in [0.5, 0.6) is 0 Å². The third-order valence-electron chi connectivity index (χ3n) is 2.72. The Morgan fingerprint density at radius 3 is 2.58 bits per heavy atom. The van der Waals surface area contributed by atoms with Gasteiger partial charge in [0.05, 0.1) is 22.1 Å². The maximum atomic E-state index is 14.1. The van der Waals surface area contributed by atoms with E-state index in [1.54, 1.807) is 25.1 Å².